The van der Waals surface area contributed by atoms with Gasteiger partial charge in [0.25, 0.3) is 10.0 Å². The summed E-state index contributed by atoms with van der Waals surface area (Å²) in [5.74, 6) is 0. The molecule has 2 rings (SSSR count). The summed E-state index contributed by atoms with van der Waals surface area (Å²) in [6.45, 7) is 1.44. The van der Waals surface area contributed by atoms with E-state index in [1.165, 1.54) is 19.1 Å². The van der Waals surface area contributed by atoms with Crippen molar-refractivity contribution in [2.45, 2.75) is 22.9 Å². The van der Waals surface area contributed by atoms with Gasteiger partial charge in [-0.05, 0) is 36.8 Å². The summed E-state index contributed by atoms with van der Waals surface area (Å²) < 4.78 is 88.6. The van der Waals surface area contributed by atoms with Crippen molar-refractivity contribution in [1.82, 2.24) is 0 Å². The highest BCUT2D eigenvalue weighted by atomic mass is 32.2. The summed E-state index contributed by atoms with van der Waals surface area (Å²) in [5.41, 5.74) is -1.30. The van der Waals surface area contributed by atoms with Crippen molar-refractivity contribution in [2.24, 2.45) is 5.14 Å². The van der Waals surface area contributed by atoms with Crippen LogP contribution in [-0.2, 0) is 26.2 Å². The highest BCUT2D eigenvalue weighted by Crippen LogP contribution is 2.34. The molecule has 0 fully saturated rings. The van der Waals surface area contributed by atoms with Gasteiger partial charge in [-0.3, -0.25) is 4.72 Å². The number of primary sulfonamides is 1. The van der Waals surface area contributed by atoms with E-state index in [0.717, 1.165) is 24.3 Å². The van der Waals surface area contributed by atoms with E-state index in [9.17, 15) is 30.0 Å². The molecule has 0 amide bonds. The number of alkyl halides is 3. The number of rotatable bonds is 4. The summed E-state index contributed by atoms with van der Waals surface area (Å²) in [6, 6.07) is 7.10. The molecule has 2 aromatic rings. The van der Waals surface area contributed by atoms with Gasteiger partial charge in [0.2, 0.25) is 10.0 Å². The lowest BCUT2D eigenvalue weighted by Gasteiger charge is -2.15. The van der Waals surface area contributed by atoms with Crippen LogP contribution in [0.15, 0.2) is 52.3 Å². The predicted molar refractivity (Wildman–Crippen MR) is 84.8 cm³/mol. The molecule has 0 spiro atoms. The zero-order valence-electron chi connectivity index (χ0n) is 12.7. The Bertz CT molecular complexity index is 1020. The second-order valence-corrected chi connectivity index (χ2v) is 8.31. The molecule has 0 saturated carbocycles. The van der Waals surface area contributed by atoms with Crippen LogP contribution in [0.25, 0.3) is 0 Å². The van der Waals surface area contributed by atoms with Crippen LogP contribution in [0.3, 0.4) is 0 Å². The lowest BCUT2D eigenvalue weighted by Crippen LogP contribution is -2.19. The highest BCUT2D eigenvalue weighted by molar-refractivity contribution is 7.92. The van der Waals surface area contributed by atoms with Crippen molar-refractivity contribution in [3.63, 3.8) is 0 Å². The number of sulfonamides is 2. The van der Waals surface area contributed by atoms with E-state index in [2.05, 4.69) is 0 Å². The Morgan fingerprint density at radius 3 is 2.12 bits per heavy atom. The Morgan fingerprint density at radius 1 is 0.960 bits per heavy atom. The van der Waals surface area contributed by atoms with Crippen molar-refractivity contribution < 1.29 is 30.0 Å². The van der Waals surface area contributed by atoms with Crippen molar-refractivity contribution >= 4 is 25.7 Å². The third-order valence-corrected chi connectivity index (χ3v) is 5.72. The Morgan fingerprint density at radius 2 is 1.56 bits per heavy atom. The third-order valence-electron chi connectivity index (χ3n) is 3.23. The average molecular weight is 394 g/mol. The van der Waals surface area contributed by atoms with E-state index >= 15 is 0 Å². The van der Waals surface area contributed by atoms with Crippen LogP contribution in [0.4, 0.5) is 18.9 Å². The van der Waals surface area contributed by atoms with Crippen LogP contribution in [0.2, 0.25) is 0 Å². The van der Waals surface area contributed by atoms with Crippen molar-refractivity contribution in [3.8, 4) is 0 Å². The standard InChI is InChI=1S/C14H13F3N2O4S2/c1-9-6-7-10(8-13(9)24(18,20)21)19-25(22,23)12-5-3-2-4-11(12)14(15,16)17/h2-8,19H,1H3,(H2,18,20,21). The molecule has 0 aliphatic rings. The first-order valence-electron chi connectivity index (χ1n) is 6.65. The number of nitrogens with two attached hydrogens (primary N) is 1. The van der Waals surface area contributed by atoms with Crippen molar-refractivity contribution in [3.05, 3.63) is 53.6 Å². The van der Waals surface area contributed by atoms with Gasteiger partial charge in [0.15, 0.2) is 0 Å². The van der Waals surface area contributed by atoms with Gasteiger partial charge in [-0.25, -0.2) is 22.0 Å². The molecule has 0 heterocycles. The van der Waals surface area contributed by atoms with Crippen molar-refractivity contribution in [1.29, 1.82) is 0 Å². The number of hydrogen-bond donors (Lipinski definition) is 2. The van der Waals surface area contributed by atoms with Crippen LogP contribution < -0.4 is 9.86 Å². The second-order valence-electron chi connectivity index (χ2n) is 5.12. The number of hydrogen-bond acceptors (Lipinski definition) is 4. The van der Waals surface area contributed by atoms with E-state index in [4.69, 9.17) is 5.14 Å². The fourth-order valence-electron chi connectivity index (χ4n) is 2.12. The molecule has 0 bridgehead atoms. The van der Waals surface area contributed by atoms with E-state index in [1.54, 1.807) is 0 Å². The Hall–Kier alpha value is -2.11. The average Bonchev–Trinajstić information content (AvgIpc) is 2.47. The number of aryl methyl sites for hydroxylation is 1. The summed E-state index contributed by atoms with van der Waals surface area (Å²) in [6.07, 6.45) is -4.87. The first-order valence-corrected chi connectivity index (χ1v) is 9.68. The van der Waals surface area contributed by atoms with Crippen molar-refractivity contribution in [2.75, 3.05) is 4.72 Å². The quantitative estimate of drug-likeness (QED) is 0.831. The SMILES string of the molecule is Cc1ccc(NS(=O)(=O)c2ccccc2C(F)(F)F)cc1S(N)(=O)=O. The molecule has 0 atom stereocenters. The maximum Gasteiger partial charge on any atom is 0.417 e. The monoisotopic (exact) mass is 394 g/mol. The molecule has 0 saturated heterocycles. The summed E-state index contributed by atoms with van der Waals surface area (Å²) in [5, 5.41) is 5.03. The van der Waals surface area contributed by atoms with Crippen LogP contribution in [0.5, 0.6) is 0 Å². The van der Waals surface area contributed by atoms with Crippen LogP contribution in [-0.4, -0.2) is 16.8 Å². The Labute approximate surface area is 142 Å². The fourth-order valence-corrected chi connectivity index (χ4v) is 4.20. The number of benzene rings is 2. The summed E-state index contributed by atoms with van der Waals surface area (Å²) in [4.78, 5) is -1.31. The maximum atomic E-state index is 13.0. The molecule has 6 nitrogen and oxygen atoms in total. The van der Waals surface area contributed by atoms with Crippen LogP contribution in [0.1, 0.15) is 11.1 Å². The molecule has 136 valence electrons. The molecule has 11 heteroatoms. The smallest absolute Gasteiger partial charge is 0.280 e. The Balaban J connectivity index is 2.52. The lowest BCUT2D eigenvalue weighted by molar-refractivity contribution is -0.139. The predicted octanol–water partition coefficient (Wildman–Crippen LogP) is 2.46. The molecule has 2 aromatic carbocycles. The van der Waals surface area contributed by atoms with Gasteiger partial charge in [0.1, 0.15) is 0 Å². The van der Waals surface area contributed by atoms with Gasteiger partial charge < -0.3 is 0 Å². The molecule has 25 heavy (non-hydrogen) atoms. The minimum Gasteiger partial charge on any atom is -0.280 e. The zero-order valence-corrected chi connectivity index (χ0v) is 14.3. The van der Waals surface area contributed by atoms with Gasteiger partial charge in [-0.15, -0.1) is 0 Å². The fraction of sp³-hybridized carbons (Fsp3) is 0.143. The number of anilines is 1. The number of nitrogens with one attached hydrogen (secondary N) is 1. The van der Waals surface area contributed by atoms with E-state index in [-0.39, 0.29) is 16.1 Å². The van der Waals surface area contributed by atoms with Gasteiger partial charge in [-0.2, -0.15) is 13.2 Å². The van der Waals surface area contributed by atoms with Gasteiger partial charge >= 0.3 is 6.18 Å². The molecule has 0 aliphatic carbocycles. The molecule has 0 aromatic heterocycles. The summed E-state index contributed by atoms with van der Waals surface area (Å²) >= 11 is 0. The van der Waals surface area contributed by atoms with Crippen LogP contribution in [0, 0.1) is 6.92 Å². The third kappa shape index (κ3) is 4.30. The lowest BCUT2D eigenvalue weighted by atomic mass is 10.2. The number of halogens is 3. The first-order chi connectivity index (χ1) is 11.3. The molecular formula is C14H13F3N2O4S2. The Kier molecular flexibility index (Phi) is 4.86. The molecule has 0 aliphatic heterocycles. The zero-order chi connectivity index (χ0) is 19.0. The van der Waals surface area contributed by atoms with Gasteiger partial charge in [-0.1, -0.05) is 18.2 Å². The van der Waals surface area contributed by atoms with Gasteiger partial charge in [0.05, 0.1) is 21.0 Å². The van der Waals surface area contributed by atoms with E-state index in [1.807, 2.05) is 4.72 Å². The van der Waals surface area contributed by atoms with E-state index in [0.29, 0.717) is 6.07 Å². The maximum absolute atomic E-state index is 13.0. The second kappa shape index (κ2) is 6.32. The normalized spacial score (nSPS) is 12.8. The molecular weight excluding hydrogens is 381 g/mol. The minimum atomic E-state index is -4.87. The minimum absolute atomic E-state index is 0.230. The topological polar surface area (TPSA) is 106 Å². The van der Waals surface area contributed by atoms with Gasteiger partial charge in [0, 0.05) is 0 Å². The highest BCUT2D eigenvalue weighted by Gasteiger charge is 2.37. The first kappa shape index (κ1) is 19.2. The van der Waals surface area contributed by atoms with E-state index < -0.39 is 36.7 Å². The molecule has 0 unspecified atom stereocenters. The molecule has 3 N–H and O–H groups in total. The molecule has 0 radical (unpaired) electrons. The summed E-state index contributed by atoms with van der Waals surface area (Å²) in [7, 11) is -8.73. The largest absolute Gasteiger partial charge is 0.417 e. The van der Waals surface area contributed by atoms with Crippen LogP contribution >= 0.6 is 0 Å².